The van der Waals surface area contributed by atoms with Gasteiger partial charge in [-0.3, -0.25) is 0 Å². The number of aryl methyl sites for hydroxylation is 1. The summed E-state index contributed by atoms with van der Waals surface area (Å²) in [5.74, 6) is 0.507. The minimum Gasteiger partial charge on any atom is -0.493 e. The van der Waals surface area contributed by atoms with Crippen molar-refractivity contribution in [2.45, 2.75) is 19.8 Å². The fourth-order valence-corrected chi connectivity index (χ4v) is 1.34. The Bertz CT molecular complexity index is 421. The predicted octanol–water partition coefficient (Wildman–Crippen LogP) is 2.94. The molecule has 1 aromatic rings. The third kappa shape index (κ3) is 3.63. The van der Waals surface area contributed by atoms with Crippen LogP contribution in [0.1, 0.15) is 18.9 Å². The van der Waals surface area contributed by atoms with Crippen LogP contribution < -0.4 is 9.47 Å². The Morgan fingerprint density at radius 1 is 1.35 bits per heavy atom. The monoisotopic (exact) mass is 233 g/mol. The average Bonchev–Trinajstić information content (AvgIpc) is 2.31. The van der Waals surface area contributed by atoms with Crippen molar-refractivity contribution in [1.29, 1.82) is 0 Å². The molecule has 0 aromatic heterocycles. The largest absolute Gasteiger partial charge is 0.493 e. The van der Waals surface area contributed by atoms with Gasteiger partial charge in [0.1, 0.15) is 0 Å². The summed E-state index contributed by atoms with van der Waals surface area (Å²) in [7, 11) is 1.54. The number of carbonyl (C=O) groups excluding carboxylic acids is 1. The standard InChI is InChI=1S/C14H17O3/c1-5-6-11-7-8-12(13(9-11)16-4)17-14(15)10(2)3/h7-9H,1-2,5-6H2,3-4H3. The molecule has 0 saturated heterocycles. The molecule has 91 valence electrons. The third-order valence-electron chi connectivity index (χ3n) is 2.24. The summed E-state index contributed by atoms with van der Waals surface area (Å²) in [5.41, 5.74) is 1.46. The number of methoxy groups -OCH3 is 1. The van der Waals surface area contributed by atoms with Gasteiger partial charge in [0, 0.05) is 5.57 Å². The Morgan fingerprint density at radius 2 is 2.06 bits per heavy atom. The van der Waals surface area contributed by atoms with Crippen molar-refractivity contribution in [2.24, 2.45) is 0 Å². The number of ether oxygens (including phenoxy) is 2. The fourth-order valence-electron chi connectivity index (χ4n) is 1.34. The summed E-state index contributed by atoms with van der Waals surface area (Å²) in [5, 5.41) is 0. The topological polar surface area (TPSA) is 35.5 Å². The lowest BCUT2D eigenvalue weighted by molar-refractivity contribution is -0.130. The van der Waals surface area contributed by atoms with Crippen molar-refractivity contribution >= 4 is 5.97 Å². The minimum atomic E-state index is -0.451. The molecule has 0 spiro atoms. The van der Waals surface area contributed by atoms with Gasteiger partial charge in [0.25, 0.3) is 0 Å². The first-order valence-corrected chi connectivity index (χ1v) is 5.42. The summed E-state index contributed by atoms with van der Waals surface area (Å²) in [6.45, 7) is 8.93. The maximum absolute atomic E-state index is 11.4. The fraction of sp³-hybridized carbons (Fsp3) is 0.286. The maximum atomic E-state index is 11.4. The molecule has 0 bridgehead atoms. The maximum Gasteiger partial charge on any atom is 0.338 e. The van der Waals surface area contributed by atoms with Crippen LogP contribution >= 0.6 is 0 Å². The van der Waals surface area contributed by atoms with Crippen molar-refractivity contribution in [2.75, 3.05) is 7.11 Å². The van der Waals surface area contributed by atoms with Crippen LogP contribution in [0, 0.1) is 6.92 Å². The first-order valence-electron chi connectivity index (χ1n) is 5.42. The van der Waals surface area contributed by atoms with E-state index in [2.05, 4.69) is 13.5 Å². The number of carbonyl (C=O) groups is 1. The average molecular weight is 233 g/mol. The van der Waals surface area contributed by atoms with Crippen molar-refractivity contribution in [3.05, 3.63) is 42.8 Å². The summed E-state index contributed by atoms with van der Waals surface area (Å²) in [4.78, 5) is 11.4. The molecule has 0 aliphatic carbocycles. The molecule has 0 saturated carbocycles. The van der Waals surface area contributed by atoms with Gasteiger partial charge in [-0.15, -0.1) is 0 Å². The van der Waals surface area contributed by atoms with Crippen LogP contribution in [0.4, 0.5) is 0 Å². The number of hydrogen-bond acceptors (Lipinski definition) is 3. The zero-order valence-corrected chi connectivity index (χ0v) is 10.3. The Morgan fingerprint density at radius 3 is 2.59 bits per heavy atom. The smallest absolute Gasteiger partial charge is 0.338 e. The zero-order chi connectivity index (χ0) is 12.8. The lowest BCUT2D eigenvalue weighted by Crippen LogP contribution is -2.09. The van der Waals surface area contributed by atoms with E-state index in [1.165, 1.54) is 0 Å². The van der Waals surface area contributed by atoms with Crippen molar-refractivity contribution in [1.82, 2.24) is 0 Å². The van der Waals surface area contributed by atoms with E-state index < -0.39 is 5.97 Å². The van der Waals surface area contributed by atoms with Gasteiger partial charge in [0.2, 0.25) is 0 Å². The Kier molecular flexibility index (Phi) is 4.76. The highest BCUT2D eigenvalue weighted by atomic mass is 16.6. The van der Waals surface area contributed by atoms with Crippen LogP contribution in [0.3, 0.4) is 0 Å². The van der Waals surface area contributed by atoms with Gasteiger partial charge in [0.15, 0.2) is 11.5 Å². The molecule has 0 atom stereocenters. The van der Waals surface area contributed by atoms with E-state index >= 15 is 0 Å². The predicted molar refractivity (Wildman–Crippen MR) is 67.1 cm³/mol. The zero-order valence-electron chi connectivity index (χ0n) is 10.3. The third-order valence-corrected chi connectivity index (χ3v) is 2.24. The highest BCUT2D eigenvalue weighted by Gasteiger charge is 2.10. The molecule has 3 nitrogen and oxygen atoms in total. The Labute approximate surface area is 102 Å². The molecule has 1 rings (SSSR count). The van der Waals surface area contributed by atoms with E-state index in [0.29, 0.717) is 17.1 Å². The van der Waals surface area contributed by atoms with Crippen molar-refractivity contribution in [3.63, 3.8) is 0 Å². The molecule has 0 fully saturated rings. The van der Waals surface area contributed by atoms with E-state index in [1.807, 2.05) is 12.1 Å². The normalized spacial score (nSPS) is 9.82. The second-order valence-electron chi connectivity index (χ2n) is 3.76. The molecule has 17 heavy (non-hydrogen) atoms. The van der Waals surface area contributed by atoms with Crippen LogP contribution in [-0.2, 0) is 11.2 Å². The molecule has 3 heteroatoms. The SMILES string of the molecule is [CH2]CCc1ccc(OC(=O)C(=C)C)c(OC)c1. The molecule has 0 aliphatic heterocycles. The van der Waals surface area contributed by atoms with E-state index in [1.54, 1.807) is 20.1 Å². The first-order chi connectivity index (χ1) is 8.08. The van der Waals surface area contributed by atoms with Gasteiger partial charge >= 0.3 is 5.97 Å². The van der Waals surface area contributed by atoms with Crippen LogP contribution in [-0.4, -0.2) is 13.1 Å². The molecule has 0 amide bonds. The molecule has 1 aromatic carbocycles. The van der Waals surface area contributed by atoms with Gasteiger partial charge < -0.3 is 9.47 Å². The van der Waals surface area contributed by atoms with Gasteiger partial charge in [-0.2, -0.15) is 0 Å². The van der Waals surface area contributed by atoms with E-state index in [9.17, 15) is 4.79 Å². The molecule has 0 unspecified atom stereocenters. The summed E-state index contributed by atoms with van der Waals surface area (Å²) < 4.78 is 10.3. The van der Waals surface area contributed by atoms with Crippen molar-refractivity contribution < 1.29 is 14.3 Å². The quantitative estimate of drug-likeness (QED) is 0.445. The first kappa shape index (κ1) is 13.3. The van der Waals surface area contributed by atoms with Gasteiger partial charge in [-0.05, 0) is 37.5 Å². The number of esters is 1. The van der Waals surface area contributed by atoms with Crippen LogP contribution in [0.15, 0.2) is 30.4 Å². The van der Waals surface area contributed by atoms with Crippen LogP contribution in [0.5, 0.6) is 11.5 Å². The molecular formula is C14H17O3. The Balaban J connectivity index is 2.92. The van der Waals surface area contributed by atoms with E-state index in [-0.39, 0.29) is 0 Å². The lowest BCUT2D eigenvalue weighted by atomic mass is 10.1. The van der Waals surface area contributed by atoms with Crippen molar-refractivity contribution in [3.8, 4) is 11.5 Å². The summed E-state index contributed by atoms with van der Waals surface area (Å²) in [6, 6.07) is 5.48. The minimum absolute atomic E-state index is 0.355. The molecule has 1 radical (unpaired) electrons. The molecule has 0 heterocycles. The highest BCUT2D eigenvalue weighted by molar-refractivity contribution is 5.89. The summed E-state index contributed by atoms with van der Waals surface area (Å²) in [6.07, 6.45) is 1.68. The van der Waals surface area contributed by atoms with Crippen LogP contribution in [0.25, 0.3) is 0 Å². The van der Waals surface area contributed by atoms with Gasteiger partial charge in [-0.1, -0.05) is 19.6 Å². The van der Waals surface area contributed by atoms with Crippen LogP contribution in [0.2, 0.25) is 0 Å². The number of rotatable bonds is 5. The van der Waals surface area contributed by atoms with Gasteiger partial charge in [-0.25, -0.2) is 4.79 Å². The van der Waals surface area contributed by atoms with E-state index in [4.69, 9.17) is 9.47 Å². The Hall–Kier alpha value is -1.77. The molecular weight excluding hydrogens is 216 g/mol. The number of benzene rings is 1. The molecule has 0 aliphatic rings. The highest BCUT2D eigenvalue weighted by Crippen LogP contribution is 2.29. The van der Waals surface area contributed by atoms with E-state index in [0.717, 1.165) is 18.4 Å². The summed E-state index contributed by atoms with van der Waals surface area (Å²) >= 11 is 0. The second kappa shape index (κ2) is 6.09. The molecule has 0 N–H and O–H groups in total. The number of hydrogen-bond donors (Lipinski definition) is 0. The van der Waals surface area contributed by atoms with Gasteiger partial charge in [0.05, 0.1) is 7.11 Å². The second-order valence-corrected chi connectivity index (χ2v) is 3.76. The lowest BCUT2D eigenvalue weighted by Gasteiger charge is -2.10.